The molecule has 2 nitrogen and oxygen atoms in total. The highest BCUT2D eigenvalue weighted by molar-refractivity contribution is 9.08. The lowest BCUT2D eigenvalue weighted by atomic mass is 10.1. The number of rotatable bonds is 3. The normalized spacial score (nSPS) is 11.2. The highest BCUT2D eigenvalue weighted by atomic mass is 79.9. The monoisotopic (exact) mass is 282 g/mol. The van der Waals surface area contributed by atoms with Crippen molar-refractivity contribution in [3.05, 3.63) is 29.3 Å². The molecule has 0 bridgehead atoms. The zero-order valence-corrected chi connectivity index (χ0v) is 8.93. The number of hydrogen-bond acceptors (Lipinski definition) is 2. The molecule has 0 aliphatic heterocycles. The van der Waals surface area contributed by atoms with Crippen LogP contribution in [0.2, 0.25) is 0 Å². The van der Waals surface area contributed by atoms with Gasteiger partial charge in [0.15, 0.2) is 6.29 Å². The number of ether oxygens (including phenoxy) is 1. The Balaban J connectivity index is 3.03. The summed E-state index contributed by atoms with van der Waals surface area (Å²) < 4.78 is 39.4. The van der Waals surface area contributed by atoms with E-state index in [1.807, 2.05) is 0 Å². The molecule has 0 aromatic heterocycles. The third-order valence-corrected chi connectivity index (χ3v) is 2.23. The van der Waals surface area contributed by atoms with E-state index in [0.717, 1.165) is 6.07 Å². The van der Waals surface area contributed by atoms with E-state index in [-0.39, 0.29) is 5.56 Å². The standard InChI is InChI=1S/C9H6BrF3O2/c10-4-6-1-2-8(7(3-6)5-14)15-9(11,12)13/h1-3,5H,4H2. The summed E-state index contributed by atoms with van der Waals surface area (Å²) in [6, 6.07) is 3.90. The fourth-order valence-corrected chi connectivity index (χ4v) is 1.34. The van der Waals surface area contributed by atoms with Gasteiger partial charge in [0.2, 0.25) is 0 Å². The van der Waals surface area contributed by atoms with Crippen molar-refractivity contribution in [1.29, 1.82) is 0 Å². The minimum absolute atomic E-state index is 0.121. The number of carbonyl (C=O) groups excluding carboxylic acids is 1. The first kappa shape index (κ1) is 12.0. The van der Waals surface area contributed by atoms with Crippen LogP contribution in [0.5, 0.6) is 5.75 Å². The molecule has 0 amide bonds. The molecule has 1 rings (SSSR count). The Morgan fingerprint density at radius 2 is 2.07 bits per heavy atom. The van der Waals surface area contributed by atoms with Gasteiger partial charge < -0.3 is 4.74 Å². The SMILES string of the molecule is O=Cc1cc(CBr)ccc1OC(F)(F)F. The molecular formula is C9H6BrF3O2. The van der Waals surface area contributed by atoms with Gasteiger partial charge in [-0.15, -0.1) is 13.2 Å². The van der Waals surface area contributed by atoms with Crippen molar-refractivity contribution < 1.29 is 22.7 Å². The number of halogens is 4. The molecule has 0 saturated heterocycles. The maximum atomic E-state index is 11.9. The van der Waals surface area contributed by atoms with Crippen LogP contribution in [0, 0.1) is 0 Å². The lowest BCUT2D eigenvalue weighted by Gasteiger charge is -2.11. The number of aldehydes is 1. The van der Waals surface area contributed by atoms with Crippen LogP contribution in [-0.4, -0.2) is 12.6 Å². The number of alkyl halides is 4. The first-order valence-electron chi connectivity index (χ1n) is 3.86. The molecule has 0 aliphatic carbocycles. The first-order chi connectivity index (χ1) is 6.96. The molecule has 0 N–H and O–H groups in total. The summed E-state index contributed by atoms with van der Waals surface area (Å²) in [4.78, 5) is 10.5. The predicted octanol–water partition coefficient (Wildman–Crippen LogP) is 3.29. The average Bonchev–Trinajstić information content (AvgIpc) is 2.16. The highest BCUT2D eigenvalue weighted by Gasteiger charge is 2.32. The van der Waals surface area contributed by atoms with Crippen LogP contribution in [0.4, 0.5) is 13.2 Å². The molecule has 82 valence electrons. The van der Waals surface area contributed by atoms with E-state index >= 15 is 0 Å². The van der Waals surface area contributed by atoms with Gasteiger partial charge in [0.05, 0.1) is 5.56 Å². The van der Waals surface area contributed by atoms with Crippen LogP contribution in [0.25, 0.3) is 0 Å². The van der Waals surface area contributed by atoms with E-state index in [1.165, 1.54) is 12.1 Å². The highest BCUT2D eigenvalue weighted by Crippen LogP contribution is 2.26. The third kappa shape index (κ3) is 3.54. The maximum absolute atomic E-state index is 11.9. The van der Waals surface area contributed by atoms with Crippen LogP contribution < -0.4 is 4.74 Å². The Bertz CT molecular complexity index is 363. The van der Waals surface area contributed by atoms with Crippen molar-refractivity contribution in [2.75, 3.05) is 0 Å². The van der Waals surface area contributed by atoms with Gasteiger partial charge in [-0.3, -0.25) is 4.79 Å². The molecule has 0 unspecified atom stereocenters. The topological polar surface area (TPSA) is 26.3 Å². The Labute approximate surface area is 92.2 Å². The molecule has 0 spiro atoms. The van der Waals surface area contributed by atoms with E-state index in [1.54, 1.807) is 0 Å². The minimum Gasteiger partial charge on any atom is -0.405 e. The van der Waals surface area contributed by atoms with E-state index < -0.39 is 12.1 Å². The van der Waals surface area contributed by atoms with Crippen LogP contribution in [0.1, 0.15) is 15.9 Å². The van der Waals surface area contributed by atoms with Crippen molar-refractivity contribution in [3.63, 3.8) is 0 Å². The summed E-state index contributed by atoms with van der Waals surface area (Å²) in [6.07, 6.45) is -4.46. The van der Waals surface area contributed by atoms with E-state index in [0.29, 0.717) is 17.2 Å². The molecule has 6 heteroatoms. The van der Waals surface area contributed by atoms with Crippen LogP contribution >= 0.6 is 15.9 Å². The van der Waals surface area contributed by atoms with Gasteiger partial charge in [-0.25, -0.2) is 0 Å². The maximum Gasteiger partial charge on any atom is 0.573 e. The van der Waals surface area contributed by atoms with Crippen molar-refractivity contribution in [1.82, 2.24) is 0 Å². The quantitative estimate of drug-likeness (QED) is 0.628. The number of benzene rings is 1. The smallest absolute Gasteiger partial charge is 0.405 e. The van der Waals surface area contributed by atoms with Gasteiger partial charge >= 0.3 is 6.36 Å². The van der Waals surface area contributed by atoms with E-state index in [2.05, 4.69) is 20.7 Å². The summed E-state index contributed by atoms with van der Waals surface area (Å²) in [5, 5.41) is 0.458. The van der Waals surface area contributed by atoms with Crippen molar-refractivity contribution in [2.24, 2.45) is 0 Å². The fraction of sp³-hybridized carbons (Fsp3) is 0.222. The van der Waals surface area contributed by atoms with Crippen LogP contribution in [0.15, 0.2) is 18.2 Å². The predicted molar refractivity (Wildman–Crippen MR) is 51.1 cm³/mol. The van der Waals surface area contributed by atoms with Gasteiger partial charge in [0.1, 0.15) is 5.75 Å². The molecule has 0 atom stereocenters. The average molecular weight is 283 g/mol. The van der Waals surface area contributed by atoms with Gasteiger partial charge in [-0.05, 0) is 17.7 Å². The summed E-state index contributed by atoms with van der Waals surface area (Å²) in [5.41, 5.74) is 0.580. The van der Waals surface area contributed by atoms with Gasteiger partial charge in [0, 0.05) is 5.33 Å². The molecule has 1 aromatic rings. The molecule has 0 radical (unpaired) electrons. The van der Waals surface area contributed by atoms with E-state index in [9.17, 15) is 18.0 Å². The Kier molecular flexibility index (Phi) is 3.73. The second-order valence-electron chi connectivity index (χ2n) is 2.67. The van der Waals surface area contributed by atoms with E-state index in [4.69, 9.17) is 0 Å². The zero-order chi connectivity index (χ0) is 11.5. The fourth-order valence-electron chi connectivity index (χ4n) is 0.991. The Morgan fingerprint density at radius 3 is 2.53 bits per heavy atom. The zero-order valence-electron chi connectivity index (χ0n) is 7.34. The largest absolute Gasteiger partial charge is 0.573 e. The molecule has 0 aliphatic rings. The van der Waals surface area contributed by atoms with Crippen molar-refractivity contribution in [3.8, 4) is 5.75 Å². The molecule has 0 heterocycles. The van der Waals surface area contributed by atoms with Crippen LogP contribution in [-0.2, 0) is 5.33 Å². The minimum atomic E-state index is -4.78. The number of carbonyl (C=O) groups is 1. The third-order valence-electron chi connectivity index (χ3n) is 1.58. The van der Waals surface area contributed by atoms with Gasteiger partial charge in [0.25, 0.3) is 0 Å². The lowest BCUT2D eigenvalue weighted by molar-refractivity contribution is -0.274. The summed E-state index contributed by atoms with van der Waals surface area (Å²) in [6.45, 7) is 0. The Morgan fingerprint density at radius 1 is 1.40 bits per heavy atom. The van der Waals surface area contributed by atoms with Crippen LogP contribution in [0.3, 0.4) is 0 Å². The molecule has 15 heavy (non-hydrogen) atoms. The summed E-state index contributed by atoms with van der Waals surface area (Å²) >= 11 is 3.13. The molecule has 0 fully saturated rings. The molecule has 1 aromatic carbocycles. The second-order valence-corrected chi connectivity index (χ2v) is 3.23. The number of hydrogen-bond donors (Lipinski definition) is 0. The second kappa shape index (κ2) is 4.65. The summed E-state index contributed by atoms with van der Waals surface area (Å²) in [5.74, 6) is -0.484. The molecule has 0 saturated carbocycles. The van der Waals surface area contributed by atoms with Gasteiger partial charge in [-0.2, -0.15) is 0 Å². The van der Waals surface area contributed by atoms with Crippen molar-refractivity contribution in [2.45, 2.75) is 11.7 Å². The lowest BCUT2D eigenvalue weighted by Crippen LogP contribution is -2.18. The molecular weight excluding hydrogens is 277 g/mol. The Hall–Kier alpha value is -1.04. The van der Waals surface area contributed by atoms with Crippen molar-refractivity contribution >= 4 is 22.2 Å². The summed E-state index contributed by atoms with van der Waals surface area (Å²) in [7, 11) is 0. The first-order valence-corrected chi connectivity index (χ1v) is 4.98. The van der Waals surface area contributed by atoms with Gasteiger partial charge in [-0.1, -0.05) is 22.0 Å².